The Balaban J connectivity index is 3.73. The maximum absolute atomic E-state index is 10.7. The third kappa shape index (κ3) is 13.1. The van der Waals surface area contributed by atoms with Gasteiger partial charge in [0.05, 0.1) is 12.8 Å². The molecule has 5 nitrogen and oxygen atoms in total. The van der Waals surface area contributed by atoms with Crippen LogP contribution in [0.1, 0.15) is 64.7 Å². The summed E-state index contributed by atoms with van der Waals surface area (Å²) in [5, 5.41) is 20.4. The van der Waals surface area contributed by atoms with Crippen LogP contribution >= 0.6 is 0 Å². The summed E-state index contributed by atoms with van der Waals surface area (Å²) in [4.78, 5) is 21.1. The Morgan fingerprint density at radius 2 is 1.63 bits per heavy atom. The third-order valence-electron chi connectivity index (χ3n) is 3.10. The second-order valence-corrected chi connectivity index (χ2v) is 4.95. The number of carboxylic acid groups (broad SMARTS) is 2. The molecule has 112 valence electrons. The van der Waals surface area contributed by atoms with E-state index in [2.05, 4.69) is 12.2 Å². The van der Waals surface area contributed by atoms with Crippen LogP contribution in [0.5, 0.6) is 0 Å². The van der Waals surface area contributed by atoms with Crippen molar-refractivity contribution in [3.8, 4) is 0 Å². The van der Waals surface area contributed by atoms with Crippen LogP contribution in [0.4, 0.5) is 0 Å². The number of unbranched alkanes of at least 4 members (excludes halogenated alkanes) is 5. The van der Waals surface area contributed by atoms with Crippen molar-refractivity contribution in [2.24, 2.45) is 0 Å². The average Bonchev–Trinajstić information content (AvgIpc) is 2.32. The Labute approximate surface area is 115 Å². The van der Waals surface area contributed by atoms with Gasteiger partial charge >= 0.3 is 11.9 Å². The molecular weight excluding hydrogens is 246 g/mol. The minimum Gasteiger partial charge on any atom is -0.481 e. The highest BCUT2D eigenvalue weighted by Gasteiger charge is 2.12. The predicted molar refractivity (Wildman–Crippen MR) is 74.3 cm³/mol. The number of carbonyl (C=O) groups is 2. The van der Waals surface area contributed by atoms with Crippen molar-refractivity contribution in [3.63, 3.8) is 0 Å². The van der Waals surface area contributed by atoms with E-state index in [9.17, 15) is 9.59 Å². The summed E-state index contributed by atoms with van der Waals surface area (Å²) in [6.45, 7) is 2.51. The van der Waals surface area contributed by atoms with Crippen LogP contribution in [0.15, 0.2) is 0 Å². The molecule has 0 saturated carbocycles. The zero-order chi connectivity index (χ0) is 14.5. The summed E-state index contributed by atoms with van der Waals surface area (Å²) in [6, 6.07) is -0.108. The maximum atomic E-state index is 10.7. The molecule has 0 fully saturated rings. The number of hydrogen-bond acceptors (Lipinski definition) is 3. The lowest BCUT2D eigenvalue weighted by Crippen LogP contribution is -2.33. The van der Waals surface area contributed by atoms with Gasteiger partial charge in [-0.2, -0.15) is 0 Å². The second kappa shape index (κ2) is 12.0. The minimum absolute atomic E-state index is 0.0343. The molecular formula is C14H27NO4. The normalized spacial score (nSPS) is 12.3. The number of carboxylic acids is 2. The largest absolute Gasteiger partial charge is 0.481 e. The van der Waals surface area contributed by atoms with E-state index in [1.165, 1.54) is 25.7 Å². The van der Waals surface area contributed by atoms with Gasteiger partial charge in [0.1, 0.15) is 0 Å². The first-order valence-electron chi connectivity index (χ1n) is 7.23. The molecule has 19 heavy (non-hydrogen) atoms. The molecule has 0 rings (SSSR count). The quantitative estimate of drug-likeness (QED) is 0.449. The molecule has 0 radical (unpaired) electrons. The zero-order valence-corrected chi connectivity index (χ0v) is 11.9. The van der Waals surface area contributed by atoms with E-state index in [4.69, 9.17) is 10.2 Å². The first-order valence-corrected chi connectivity index (χ1v) is 7.23. The first kappa shape index (κ1) is 17.9. The number of hydrogen-bond donors (Lipinski definition) is 3. The van der Waals surface area contributed by atoms with Gasteiger partial charge in [-0.05, 0) is 6.42 Å². The van der Waals surface area contributed by atoms with Crippen molar-refractivity contribution in [1.82, 2.24) is 5.32 Å². The molecule has 0 aliphatic heterocycles. The van der Waals surface area contributed by atoms with Crippen LogP contribution < -0.4 is 5.32 Å². The first-order chi connectivity index (χ1) is 9.06. The highest BCUT2D eigenvalue weighted by Crippen LogP contribution is 2.10. The van der Waals surface area contributed by atoms with E-state index in [0.717, 1.165) is 19.3 Å². The van der Waals surface area contributed by atoms with Gasteiger partial charge < -0.3 is 15.5 Å². The summed E-state index contributed by atoms with van der Waals surface area (Å²) < 4.78 is 0. The number of aliphatic carboxylic acids is 2. The molecule has 5 heteroatoms. The molecule has 0 aromatic heterocycles. The molecule has 0 aromatic carbocycles. The van der Waals surface area contributed by atoms with Crippen molar-refractivity contribution >= 4 is 11.9 Å². The Bertz CT molecular complexity index is 256. The van der Waals surface area contributed by atoms with Gasteiger partial charge in [-0.3, -0.25) is 9.59 Å². The minimum atomic E-state index is -0.860. The van der Waals surface area contributed by atoms with Crippen molar-refractivity contribution < 1.29 is 19.8 Å². The fourth-order valence-electron chi connectivity index (χ4n) is 2.04. The maximum Gasteiger partial charge on any atom is 0.304 e. The highest BCUT2D eigenvalue weighted by atomic mass is 16.4. The number of nitrogens with one attached hydrogen (secondary N) is 1. The monoisotopic (exact) mass is 273 g/mol. The fourth-order valence-corrected chi connectivity index (χ4v) is 2.04. The Morgan fingerprint density at radius 3 is 2.21 bits per heavy atom. The lowest BCUT2D eigenvalue weighted by atomic mass is 10.0. The Hall–Kier alpha value is -1.10. The summed E-state index contributed by atoms with van der Waals surface area (Å²) in [6.07, 6.45) is 7.95. The lowest BCUT2D eigenvalue weighted by molar-refractivity contribution is -0.137. The SMILES string of the molecule is CCCCCCCCC(CC(=O)O)NCCC(=O)O. The summed E-state index contributed by atoms with van der Waals surface area (Å²) in [7, 11) is 0. The molecule has 3 N–H and O–H groups in total. The topological polar surface area (TPSA) is 86.6 Å². The smallest absolute Gasteiger partial charge is 0.304 e. The molecule has 0 aromatic rings. The summed E-state index contributed by atoms with van der Waals surface area (Å²) >= 11 is 0. The fraction of sp³-hybridized carbons (Fsp3) is 0.857. The third-order valence-corrected chi connectivity index (χ3v) is 3.10. The molecule has 1 atom stereocenters. The van der Waals surface area contributed by atoms with E-state index in [-0.39, 0.29) is 18.9 Å². The van der Waals surface area contributed by atoms with Gasteiger partial charge in [0.25, 0.3) is 0 Å². The van der Waals surface area contributed by atoms with Crippen molar-refractivity contribution in [2.45, 2.75) is 70.8 Å². The summed E-state index contributed by atoms with van der Waals surface area (Å²) in [5.41, 5.74) is 0. The predicted octanol–water partition coefficient (Wildman–Crippen LogP) is 2.64. The van der Waals surface area contributed by atoms with E-state index in [1.807, 2.05) is 0 Å². The summed E-state index contributed by atoms with van der Waals surface area (Å²) in [5.74, 6) is -1.69. The highest BCUT2D eigenvalue weighted by molar-refractivity contribution is 5.68. The molecule has 0 saturated heterocycles. The molecule has 0 heterocycles. The van der Waals surface area contributed by atoms with Crippen LogP contribution in [0, 0.1) is 0 Å². The van der Waals surface area contributed by atoms with Crippen LogP contribution in [0.3, 0.4) is 0 Å². The van der Waals surface area contributed by atoms with Crippen molar-refractivity contribution in [1.29, 1.82) is 0 Å². The van der Waals surface area contributed by atoms with Gasteiger partial charge in [-0.15, -0.1) is 0 Å². The van der Waals surface area contributed by atoms with Gasteiger partial charge in [0, 0.05) is 12.6 Å². The van der Waals surface area contributed by atoms with Crippen LogP contribution in [0.2, 0.25) is 0 Å². The van der Waals surface area contributed by atoms with Crippen molar-refractivity contribution in [2.75, 3.05) is 6.54 Å². The van der Waals surface area contributed by atoms with Gasteiger partial charge in [-0.1, -0.05) is 45.4 Å². The molecule has 0 bridgehead atoms. The zero-order valence-electron chi connectivity index (χ0n) is 11.9. The lowest BCUT2D eigenvalue weighted by Gasteiger charge is -2.16. The van der Waals surface area contributed by atoms with Crippen LogP contribution in [0.25, 0.3) is 0 Å². The van der Waals surface area contributed by atoms with Crippen LogP contribution in [-0.2, 0) is 9.59 Å². The Morgan fingerprint density at radius 1 is 1.00 bits per heavy atom. The van der Waals surface area contributed by atoms with E-state index in [0.29, 0.717) is 6.54 Å². The average molecular weight is 273 g/mol. The van der Waals surface area contributed by atoms with Crippen molar-refractivity contribution in [3.05, 3.63) is 0 Å². The Kier molecular flexibility index (Phi) is 11.3. The molecule has 1 unspecified atom stereocenters. The number of rotatable bonds is 13. The molecule has 0 spiro atoms. The van der Waals surface area contributed by atoms with Gasteiger partial charge in [0.2, 0.25) is 0 Å². The van der Waals surface area contributed by atoms with Crippen LogP contribution in [-0.4, -0.2) is 34.7 Å². The molecule has 0 amide bonds. The van der Waals surface area contributed by atoms with E-state index in [1.54, 1.807) is 0 Å². The van der Waals surface area contributed by atoms with E-state index < -0.39 is 11.9 Å². The molecule has 0 aliphatic carbocycles. The van der Waals surface area contributed by atoms with Gasteiger partial charge in [0.15, 0.2) is 0 Å². The van der Waals surface area contributed by atoms with Gasteiger partial charge in [-0.25, -0.2) is 0 Å². The van der Waals surface area contributed by atoms with E-state index >= 15 is 0 Å². The second-order valence-electron chi connectivity index (χ2n) is 4.95. The molecule has 0 aliphatic rings. The standard InChI is InChI=1S/C14H27NO4/c1-2-3-4-5-6-7-8-12(11-14(18)19)15-10-9-13(16)17/h12,15H,2-11H2,1H3,(H,16,17)(H,18,19).